The summed E-state index contributed by atoms with van der Waals surface area (Å²) in [5.74, 6) is 0.322. The molecule has 4 aromatic rings. The van der Waals surface area contributed by atoms with Crippen LogP contribution in [-0.4, -0.2) is 28.8 Å². The van der Waals surface area contributed by atoms with Gasteiger partial charge in [0.15, 0.2) is 11.5 Å². The Hall–Kier alpha value is -3.91. The molecule has 0 spiro atoms. The number of carbonyl (C=O) groups excluding carboxylic acids is 1. The van der Waals surface area contributed by atoms with E-state index in [2.05, 4.69) is 16.4 Å². The minimum absolute atomic E-state index is 0.164. The van der Waals surface area contributed by atoms with Gasteiger partial charge >= 0.3 is 5.97 Å². The summed E-state index contributed by atoms with van der Waals surface area (Å²) in [5.41, 5.74) is 3.83. The first-order valence-electron chi connectivity index (χ1n) is 9.93. The summed E-state index contributed by atoms with van der Waals surface area (Å²) in [6.07, 6.45) is 0.164. The van der Waals surface area contributed by atoms with E-state index in [0.717, 1.165) is 43.4 Å². The number of aromatic carboxylic acids is 1. The number of rotatable bonds is 6. The lowest BCUT2D eigenvalue weighted by Gasteiger charge is -2.05. The van der Waals surface area contributed by atoms with E-state index >= 15 is 0 Å². The lowest BCUT2D eigenvalue weighted by Crippen LogP contribution is -2.24. The van der Waals surface area contributed by atoms with E-state index in [-0.39, 0.29) is 31.2 Å². The largest absolute Gasteiger partial charge is 0.478 e. The number of benzene rings is 3. The Balaban J connectivity index is 1.27. The number of nitrogens with zero attached hydrogens (tertiary/aromatic N) is 1. The molecule has 0 radical (unpaired) electrons. The van der Waals surface area contributed by atoms with E-state index in [1.54, 1.807) is 18.2 Å². The van der Waals surface area contributed by atoms with Gasteiger partial charge in [0.25, 0.3) is 0 Å². The van der Waals surface area contributed by atoms with Crippen molar-refractivity contribution >= 4 is 33.4 Å². The quantitative estimate of drug-likeness (QED) is 0.460. The summed E-state index contributed by atoms with van der Waals surface area (Å²) in [4.78, 5) is 28.0. The Morgan fingerprint density at radius 1 is 1.00 bits per heavy atom. The van der Waals surface area contributed by atoms with Crippen LogP contribution >= 0.6 is 11.3 Å². The van der Waals surface area contributed by atoms with Crippen LogP contribution in [0.4, 0.5) is 0 Å². The summed E-state index contributed by atoms with van der Waals surface area (Å²) in [5, 5.41) is 12.6. The molecule has 7 nitrogen and oxygen atoms in total. The van der Waals surface area contributed by atoms with E-state index in [0.29, 0.717) is 0 Å². The molecule has 2 heterocycles. The first-order valence-corrected chi connectivity index (χ1v) is 10.8. The second kappa shape index (κ2) is 8.32. The van der Waals surface area contributed by atoms with Crippen molar-refractivity contribution in [2.45, 2.75) is 13.0 Å². The number of aromatic nitrogens is 1. The van der Waals surface area contributed by atoms with Gasteiger partial charge < -0.3 is 19.9 Å². The number of carbonyl (C=O) groups is 2. The SMILES string of the molecule is O=C(Cc1nc2ccc(-c3ccc4c(c3)OCO4)cc2s1)NCc1cccc(C(=O)O)c1. The molecule has 160 valence electrons. The van der Waals surface area contributed by atoms with Crippen LogP contribution in [0.25, 0.3) is 21.3 Å². The smallest absolute Gasteiger partial charge is 0.335 e. The highest BCUT2D eigenvalue weighted by molar-refractivity contribution is 7.18. The topological polar surface area (TPSA) is 97.8 Å². The van der Waals surface area contributed by atoms with Gasteiger partial charge in [0, 0.05) is 6.54 Å². The lowest BCUT2D eigenvalue weighted by atomic mass is 10.1. The molecule has 0 bridgehead atoms. The van der Waals surface area contributed by atoms with Gasteiger partial charge in [-0.1, -0.05) is 24.3 Å². The maximum Gasteiger partial charge on any atom is 0.335 e. The average Bonchev–Trinajstić information content (AvgIpc) is 3.43. The highest BCUT2D eigenvalue weighted by atomic mass is 32.1. The molecule has 8 heteroatoms. The first-order chi connectivity index (χ1) is 15.5. The van der Waals surface area contributed by atoms with Crippen LogP contribution in [0, 0.1) is 0 Å². The Kier molecular flexibility index (Phi) is 5.20. The standard InChI is InChI=1S/C24H18N2O5S/c27-22(25-12-14-2-1-3-17(8-14)24(28)29)11-23-26-18-6-4-16(10-21(18)32-23)15-5-7-19-20(9-15)31-13-30-19/h1-10H,11-13H2,(H,25,27)(H,28,29). The maximum absolute atomic E-state index is 12.4. The Labute approximate surface area is 187 Å². The highest BCUT2D eigenvalue weighted by Gasteiger charge is 2.15. The van der Waals surface area contributed by atoms with Gasteiger partial charge in [0.2, 0.25) is 12.7 Å². The minimum Gasteiger partial charge on any atom is -0.478 e. The minimum atomic E-state index is -0.993. The second-order valence-electron chi connectivity index (χ2n) is 7.32. The fourth-order valence-corrected chi connectivity index (χ4v) is 4.52. The second-order valence-corrected chi connectivity index (χ2v) is 8.43. The fraction of sp³-hybridized carbons (Fsp3) is 0.125. The van der Waals surface area contributed by atoms with Crippen molar-refractivity contribution in [3.05, 3.63) is 76.8 Å². The van der Waals surface area contributed by atoms with E-state index in [9.17, 15) is 9.59 Å². The normalized spacial score (nSPS) is 12.1. The van der Waals surface area contributed by atoms with Crippen molar-refractivity contribution in [1.82, 2.24) is 10.3 Å². The lowest BCUT2D eigenvalue weighted by molar-refractivity contribution is -0.120. The van der Waals surface area contributed by atoms with Crippen molar-refractivity contribution in [3.63, 3.8) is 0 Å². The summed E-state index contributed by atoms with van der Waals surface area (Å²) in [7, 11) is 0. The Morgan fingerprint density at radius 2 is 1.81 bits per heavy atom. The Bertz CT molecular complexity index is 1350. The zero-order valence-corrected chi connectivity index (χ0v) is 17.6. The number of carboxylic acid groups (broad SMARTS) is 1. The van der Waals surface area contributed by atoms with Crippen LogP contribution in [0.15, 0.2) is 60.7 Å². The van der Waals surface area contributed by atoms with Gasteiger partial charge in [-0.25, -0.2) is 9.78 Å². The number of nitrogens with one attached hydrogen (secondary N) is 1. The highest BCUT2D eigenvalue weighted by Crippen LogP contribution is 2.37. The monoisotopic (exact) mass is 446 g/mol. The molecule has 0 aliphatic carbocycles. The summed E-state index contributed by atoms with van der Waals surface area (Å²) < 4.78 is 11.8. The molecule has 0 saturated heterocycles. The van der Waals surface area contributed by atoms with Crippen molar-refractivity contribution < 1.29 is 24.2 Å². The molecule has 1 amide bonds. The third-order valence-electron chi connectivity index (χ3n) is 5.11. The zero-order valence-electron chi connectivity index (χ0n) is 16.8. The molecular weight excluding hydrogens is 428 g/mol. The van der Waals surface area contributed by atoms with Crippen molar-refractivity contribution in [3.8, 4) is 22.6 Å². The predicted octanol–water partition coefficient (Wildman–Crippen LogP) is 4.25. The molecular formula is C24H18N2O5S. The number of fused-ring (bicyclic) bond motifs is 2. The van der Waals surface area contributed by atoms with Gasteiger partial charge in [-0.05, 0) is 53.1 Å². The third kappa shape index (κ3) is 4.13. The van der Waals surface area contributed by atoms with Gasteiger partial charge in [-0.3, -0.25) is 4.79 Å². The zero-order chi connectivity index (χ0) is 22.1. The first kappa shape index (κ1) is 20.0. The van der Waals surface area contributed by atoms with E-state index < -0.39 is 5.97 Å². The maximum atomic E-state index is 12.4. The van der Waals surface area contributed by atoms with Gasteiger partial charge in [0.1, 0.15) is 5.01 Å². The fourth-order valence-electron chi connectivity index (χ4n) is 3.52. The number of ether oxygens (including phenoxy) is 2. The predicted molar refractivity (Wildman–Crippen MR) is 120 cm³/mol. The molecule has 1 aromatic heterocycles. The molecule has 0 atom stereocenters. The third-order valence-corrected chi connectivity index (χ3v) is 6.13. The van der Waals surface area contributed by atoms with E-state index in [1.165, 1.54) is 17.4 Å². The van der Waals surface area contributed by atoms with Crippen LogP contribution in [0.5, 0.6) is 11.5 Å². The van der Waals surface area contributed by atoms with Crippen LogP contribution in [0.3, 0.4) is 0 Å². The van der Waals surface area contributed by atoms with Crippen molar-refractivity contribution in [1.29, 1.82) is 0 Å². The number of hydrogen-bond acceptors (Lipinski definition) is 6. The summed E-state index contributed by atoms with van der Waals surface area (Å²) in [6.45, 7) is 0.502. The van der Waals surface area contributed by atoms with Crippen LogP contribution < -0.4 is 14.8 Å². The van der Waals surface area contributed by atoms with Crippen LogP contribution in [-0.2, 0) is 17.8 Å². The molecule has 32 heavy (non-hydrogen) atoms. The van der Waals surface area contributed by atoms with Crippen molar-refractivity contribution in [2.24, 2.45) is 0 Å². The molecule has 0 fully saturated rings. The van der Waals surface area contributed by atoms with Crippen LogP contribution in [0.2, 0.25) is 0 Å². The molecule has 2 N–H and O–H groups in total. The molecule has 1 aliphatic rings. The van der Waals surface area contributed by atoms with E-state index in [1.807, 2.05) is 30.3 Å². The number of hydrogen-bond donors (Lipinski definition) is 2. The number of carboxylic acids is 1. The number of amides is 1. The van der Waals surface area contributed by atoms with Crippen molar-refractivity contribution in [2.75, 3.05) is 6.79 Å². The molecule has 0 saturated carbocycles. The number of thiazole rings is 1. The van der Waals surface area contributed by atoms with Crippen LogP contribution in [0.1, 0.15) is 20.9 Å². The van der Waals surface area contributed by atoms with Gasteiger partial charge in [-0.15, -0.1) is 11.3 Å². The summed E-state index contributed by atoms with van der Waals surface area (Å²) in [6, 6.07) is 18.4. The van der Waals surface area contributed by atoms with E-state index in [4.69, 9.17) is 14.6 Å². The van der Waals surface area contributed by atoms with Gasteiger partial charge in [-0.2, -0.15) is 0 Å². The molecule has 5 rings (SSSR count). The molecule has 1 aliphatic heterocycles. The molecule has 0 unspecified atom stereocenters. The Morgan fingerprint density at radius 3 is 2.69 bits per heavy atom. The molecule has 3 aromatic carbocycles. The average molecular weight is 446 g/mol. The summed E-state index contributed by atoms with van der Waals surface area (Å²) >= 11 is 1.48. The van der Waals surface area contributed by atoms with Gasteiger partial charge in [0.05, 0.1) is 22.2 Å².